The standard InChI is InChI=1S/C12H15FN2O2/c1-8(2)12(17)14-7-11(16)15-10-6-4-3-5-9(10)13/h3-6,8H,7H2,1-2H3,(H,14,17)(H,15,16). The Morgan fingerprint density at radius 1 is 1.29 bits per heavy atom. The van der Waals surface area contributed by atoms with E-state index in [4.69, 9.17) is 0 Å². The van der Waals surface area contributed by atoms with Crippen LogP contribution in [0, 0.1) is 11.7 Å². The lowest BCUT2D eigenvalue weighted by atomic mass is 10.2. The van der Waals surface area contributed by atoms with Crippen molar-refractivity contribution in [2.45, 2.75) is 13.8 Å². The molecule has 4 nitrogen and oxygen atoms in total. The lowest BCUT2D eigenvalue weighted by molar-refractivity contribution is -0.126. The van der Waals surface area contributed by atoms with Crippen LogP contribution in [0.2, 0.25) is 0 Å². The monoisotopic (exact) mass is 238 g/mol. The summed E-state index contributed by atoms with van der Waals surface area (Å²) in [5, 5.41) is 4.82. The van der Waals surface area contributed by atoms with E-state index in [1.807, 2.05) is 0 Å². The average Bonchev–Trinajstić information content (AvgIpc) is 2.29. The third-order valence-corrected chi connectivity index (χ3v) is 2.10. The highest BCUT2D eigenvalue weighted by Crippen LogP contribution is 2.11. The maximum atomic E-state index is 13.2. The summed E-state index contributed by atoms with van der Waals surface area (Å²) in [4.78, 5) is 22.6. The molecule has 1 rings (SSSR count). The van der Waals surface area contributed by atoms with Gasteiger partial charge in [0.1, 0.15) is 5.82 Å². The van der Waals surface area contributed by atoms with Crippen molar-refractivity contribution in [2.75, 3.05) is 11.9 Å². The summed E-state index contributed by atoms with van der Waals surface area (Å²) < 4.78 is 13.2. The first-order chi connectivity index (χ1) is 8.00. The van der Waals surface area contributed by atoms with Crippen molar-refractivity contribution in [1.82, 2.24) is 5.32 Å². The number of carbonyl (C=O) groups excluding carboxylic acids is 2. The van der Waals surface area contributed by atoms with Gasteiger partial charge in [-0.05, 0) is 12.1 Å². The van der Waals surface area contributed by atoms with Crippen molar-refractivity contribution in [3.8, 4) is 0 Å². The van der Waals surface area contributed by atoms with Crippen LogP contribution in [0.3, 0.4) is 0 Å². The molecule has 2 N–H and O–H groups in total. The van der Waals surface area contributed by atoms with Gasteiger partial charge in [0.05, 0.1) is 12.2 Å². The highest BCUT2D eigenvalue weighted by atomic mass is 19.1. The van der Waals surface area contributed by atoms with Gasteiger partial charge < -0.3 is 10.6 Å². The van der Waals surface area contributed by atoms with E-state index in [0.717, 1.165) is 0 Å². The van der Waals surface area contributed by atoms with Crippen LogP contribution < -0.4 is 10.6 Å². The Kier molecular flexibility index (Phi) is 4.63. The highest BCUT2D eigenvalue weighted by molar-refractivity contribution is 5.94. The zero-order valence-electron chi connectivity index (χ0n) is 9.79. The predicted molar refractivity (Wildman–Crippen MR) is 62.9 cm³/mol. The Labute approximate surface area is 99.2 Å². The van der Waals surface area contributed by atoms with Gasteiger partial charge in [0.25, 0.3) is 0 Å². The molecular formula is C12H15FN2O2. The number of anilines is 1. The maximum absolute atomic E-state index is 13.2. The maximum Gasteiger partial charge on any atom is 0.243 e. The van der Waals surface area contributed by atoms with Gasteiger partial charge >= 0.3 is 0 Å². The quantitative estimate of drug-likeness (QED) is 0.835. The van der Waals surface area contributed by atoms with Crippen LogP contribution in [0.1, 0.15) is 13.8 Å². The zero-order chi connectivity index (χ0) is 12.8. The van der Waals surface area contributed by atoms with Crippen molar-refractivity contribution in [3.05, 3.63) is 30.1 Å². The Bertz CT molecular complexity index is 419. The third-order valence-electron chi connectivity index (χ3n) is 2.10. The van der Waals surface area contributed by atoms with E-state index in [1.54, 1.807) is 19.9 Å². The van der Waals surface area contributed by atoms with E-state index in [9.17, 15) is 14.0 Å². The number of benzene rings is 1. The molecular weight excluding hydrogens is 223 g/mol. The van der Waals surface area contributed by atoms with Crippen LogP contribution in [-0.2, 0) is 9.59 Å². The topological polar surface area (TPSA) is 58.2 Å². The highest BCUT2D eigenvalue weighted by Gasteiger charge is 2.10. The molecule has 0 aliphatic heterocycles. The van der Waals surface area contributed by atoms with Gasteiger partial charge in [-0.15, -0.1) is 0 Å². The third kappa shape index (κ3) is 4.22. The fraction of sp³-hybridized carbons (Fsp3) is 0.333. The largest absolute Gasteiger partial charge is 0.347 e. The number of rotatable bonds is 4. The molecule has 92 valence electrons. The summed E-state index contributed by atoms with van der Waals surface area (Å²) in [7, 11) is 0. The summed E-state index contributed by atoms with van der Waals surface area (Å²) >= 11 is 0. The fourth-order valence-corrected chi connectivity index (χ4v) is 1.13. The molecule has 5 heteroatoms. The molecule has 0 saturated heterocycles. The second-order valence-electron chi connectivity index (χ2n) is 3.90. The van der Waals surface area contributed by atoms with Crippen LogP contribution in [0.4, 0.5) is 10.1 Å². The normalized spacial score (nSPS) is 10.1. The molecule has 1 aromatic carbocycles. The van der Waals surface area contributed by atoms with E-state index in [2.05, 4.69) is 10.6 Å². The molecule has 0 atom stereocenters. The second-order valence-corrected chi connectivity index (χ2v) is 3.90. The van der Waals surface area contributed by atoms with Crippen molar-refractivity contribution < 1.29 is 14.0 Å². The van der Waals surface area contributed by atoms with Crippen molar-refractivity contribution >= 4 is 17.5 Å². The van der Waals surface area contributed by atoms with Gasteiger partial charge in [0.2, 0.25) is 11.8 Å². The van der Waals surface area contributed by atoms with E-state index in [0.29, 0.717) is 0 Å². The van der Waals surface area contributed by atoms with Crippen molar-refractivity contribution in [1.29, 1.82) is 0 Å². The molecule has 2 amide bonds. The number of hydrogen-bond acceptors (Lipinski definition) is 2. The van der Waals surface area contributed by atoms with Crippen LogP contribution in [0.15, 0.2) is 24.3 Å². The van der Waals surface area contributed by atoms with Crippen LogP contribution in [0.25, 0.3) is 0 Å². The number of nitrogens with one attached hydrogen (secondary N) is 2. The first-order valence-corrected chi connectivity index (χ1v) is 5.33. The van der Waals surface area contributed by atoms with Gasteiger partial charge in [-0.1, -0.05) is 26.0 Å². The van der Waals surface area contributed by atoms with Crippen LogP contribution >= 0.6 is 0 Å². The lowest BCUT2D eigenvalue weighted by Crippen LogP contribution is -2.35. The summed E-state index contributed by atoms with van der Waals surface area (Å²) in [5.74, 6) is -1.36. The van der Waals surface area contributed by atoms with Crippen molar-refractivity contribution in [2.24, 2.45) is 5.92 Å². The van der Waals surface area contributed by atoms with Gasteiger partial charge in [0, 0.05) is 5.92 Å². The molecule has 0 aliphatic rings. The van der Waals surface area contributed by atoms with Crippen LogP contribution in [-0.4, -0.2) is 18.4 Å². The summed E-state index contributed by atoms with van der Waals surface area (Å²) in [5.41, 5.74) is 0.108. The Hall–Kier alpha value is -1.91. The number of para-hydroxylation sites is 1. The first kappa shape index (κ1) is 13.2. The number of carbonyl (C=O) groups is 2. The summed E-state index contributed by atoms with van der Waals surface area (Å²) in [6, 6.07) is 5.86. The molecule has 0 aromatic heterocycles. The number of hydrogen-bond donors (Lipinski definition) is 2. The second kappa shape index (κ2) is 5.98. The Morgan fingerprint density at radius 3 is 2.53 bits per heavy atom. The smallest absolute Gasteiger partial charge is 0.243 e. The van der Waals surface area contributed by atoms with E-state index >= 15 is 0 Å². The molecule has 0 unspecified atom stereocenters. The molecule has 0 saturated carbocycles. The molecule has 1 aromatic rings. The van der Waals surface area contributed by atoms with E-state index in [-0.39, 0.29) is 24.1 Å². The molecule has 0 aliphatic carbocycles. The van der Waals surface area contributed by atoms with Crippen LogP contribution in [0.5, 0.6) is 0 Å². The average molecular weight is 238 g/mol. The molecule has 0 radical (unpaired) electrons. The summed E-state index contributed by atoms with van der Waals surface area (Å²) in [6.07, 6.45) is 0. The number of amides is 2. The minimum Gasteiger partial charge on any atom is -0.347 e. The SMILES string of the molecule is CC(C)C(=O)NCC(=O)Nc1ccccc1F. The van der Waals surface area contributed by atoms with Gasteiger partial charge in [-0.25, -0.2) is 4.39 Å². The van der Waals surface area contributed by atoms with E-state index < -0.39 is 11.7 Å². The predicted octanol–water partition coefficient (Wildman–Crippen LogP) is 1.54. The van der Waals surface area contributed by atoms with Crippen molar-refractivity contribution in [3.63, 3.8) is 0 Å². The van der Waals surface area contributed by atoms with Gasteiger partial charge in [-0.3, -0.25) is 9.59 Å². The summed E-state index contributed by atoms with van der Waals surface area (Å²) in [6.45, 7) is 3.29. The molecule has 0 spiro atoms. The van der Waals surface area contributed by atoms with Gasteiger partial charge in [-0.2, -0.15) is 0 Å². The minimum atomic E-state index is -0.504. The molecule has 17 heavy (non-hydrogen) atoms. The minimum absolute atomic E-state index is 0.108. The Balaban J connectivity index is 2.46. The zero-order valence-corrected chi connectivity index (χ0v) is 9.79. The number of halogens is 1. The fourth-order valence-electron chi connectivity index (χ4n) is 1.13. The molecule has 0 bridgehead atoms. The van der Waals surface area contributed by atoms with E-state index in [1.165, 1.54) is 18.2 Å². The van der Waals surface area contributed by atoms with Gasteiger partial charge in [0.15, 0.2) is 0 Å². The molecule has 0 fully saturated rings. The molecule has 0 heterocycles. The first-order valence-electron chi connectivity index (χ1n) is 5.33. The lowest BCUT2D eigenvalue weighted by Gasteiger charge is -2.08. The Morgan fingerprint density at radius 2 is 1.94 bits per heavy atom.